The SMILES string of the molecule is COC(=O)C1CCN(C(=NCCCN(C)c2ccccc2)NCCc2ccco2)CC1.I. The maximum absolute atomic E-state index is 11.8. The fourth-order valence-electron chi connectivity index (χ4n) is 3.82. The zero-order valence-corrected chi connectivity index (χ0v) is 21.4. The van der Waals surface area contributed by atoms with Crippen molar-refractivity contribution in [2.45, 2.75) is 25.7 Å². The quantitative estimate of drug-likeness (QED) is 0.167. The lowest BCUT2D eigenvalue weighted by Gasteiger charge is -2.33. The first kappa shape index (κ1) is 26.0. The van der Waals surface area contributed by atoms with Crippen molar-refractivity contribution < 1.29 is 13.9 Å². The Morgan fingerprint density at radius 2 is 1.97 bits per heavy atom. The molecular weight excluding hydrogens is 519 g/mol. The highest BCUT2D eigenvalue weighted by Gasteiger charge is 2.27. The number of esters is 1. The Bertz CT molecular complexity index is 806. The van der Waals surface area contributed by atoms with E-state index >= 15 is 0 Å². The van der Waals surface area contributed by atoms with Crippen molar-refractivity contribution in [3.05, 3.63) is 54.5 Å². The highest BCUT2D eigenvalue weighted by molar-refractivity contribution is 14.0. The Hall–Kier alpha value is -2.23. The molecule has 0 radical (unpaired) electrons. The summed E-state index contributed by atoms with van der Waals surface area (Å²) in [5.74, 6) is 1.76. The lowest BCUT2D eigenvalue weighted by molar-refractivity contribution is -0.146. The molecule has 0 aliphatic carbocycles. The largest absolute Gasteiger partial charge is 0.469 e. The Morgan fingerprint density at radius 3 is 2.62 bits per heavy atom. The van der Waals surface area contributed by atoms with Crippen LogP contribution in [0.1, 0.15) is 25.0 Å². The molecule has 1 aromatic heterocycles. The molecule has 32 heavy (non-hydrogen) atoms. The van der Waals surface area contributed by atoms with Crippen LogP contribution in [0.15, 0.2) is 58.1 Å². The molecule has 1 fully saturated rings. The number of methoxy groups -OCH3 is 1. The number of guanidine groups is 1. The van der Waals surface area contributed by atoms with Crippen molar-refractivity contribution in [3.8, 4) is 0 Å². The van der Waals surface area contributed by atoms with E-state index in [-0.39, 0.29) is 35.9 Å². The van der Waals surface area contributed by atoms with Gasteiger partial charge in [0.05, 0.1) is 19.3 Å². The standard InChI is InChI=1S/C24H34N4O3.HI/c1-27(21-8-4-3-5-9-21)16-7-14-25-24(26-15-11-22-10-6-19-31-22)28-17-12-20(13-18-28)23(29)30-2;/h3-6,8-10,19-20H,7,11-18H2,1-2H3,(H,25,26);1H. The molecule has 2 aromatic rings. The molecule has 0 unspecified atom stereocenters. The second-order valence-electron chi connectivity index (χ2n) is 7.86. The summed E-state index contributed by atoms with van der Waals surface area (Å²) in [6.45, 7) is 4.05. The number of furan rings is 1. The molecule has 8 heteroatoms. The molecule has 1 N–H and O–H groups in total. The number of nitrogens with zero attached hydrogens (tertiary/aromatic N) is 3. The summed E-state index contributed by atoms with van der Waals surface area (Å²) in [5, 5.41) is 3.49. The number of carbonyl (C=O) groups is 1. The highest BCUT2D eigenvalue weighted by atomic mass is 127. The van der Waals surface area contributed by atoms with Crippen LogP contribution in [0.2, 0.25) is 0 Å². The van der Waals surface area contributed by atoms with Crippen molar-refractivity contribution in [1.29, 1.82) is 0 Å². The van der Waals surface area contributed by atoms with Crippen molar-refractivity contribution >= 4 is 41.6 Å². The van der Waals surface area contributed by atoms with Gasteiger partial charge in [0.25, 0.3) is 0 Å². The molecule has 1 aliphatic heterocycles. The summed E-state index contributed by atoms with van der Waals surface area (Å²) in [5.41, 5.74) is 1.22. The third-order valence-electron chi connectivity index (χ3n) is 5.67. The molecule has 0 spiro atoms. The maximum atomic E-state index is 11.8. The minimum absolute atomic E-state index is 0. The maximum Gasteiger partial charge on any atom is 0.308 e. The van der Waals surface area contributed by atoms with Crippen LogP contribution in [0.25, 0.3) is 0 Å². The third kappa shape index (κ3) is 8.03. The molecule has 0 amide bonds. The zero-order valence-electron chi connectivity index (χ0n) is 19.0. The van der Waals surface area contributed by atoms with Crippen LogP contribution >= 0.6 is 24.0 Å². The number of aliphatic imine (C=N–C) groups is 1. The Morgan fingerprint density at radius 1 is 1.22 bits per heavy atom. The molecule has 3 rings (SSSR count). The predicted octanol–water partition coefficient (Wildman–Crippen LogP) is 3.80. The van der Waals surface area contributed by atoms with Crippen LogP contribution in [0.3, 0.4) is 0 Å². The van der Waals surface area contributed by atoms with Crippen LogP contribution in [0, 0.1) is 5.92 Å². The first-order valence-electron chi connectivity index (χ1n) is 11.1. The number of ether oxygens (including phenoxy) is 1. The van der Waals surface area contributed by atoms with Gasteiger partial charge >= 0.3 is 5.97 Å². The van der Waals surface area contributed by atoms with E-state index in [1.807, 2.05) is 18.2 Å². The predicted molar refractivity (Wildman–Crippen MR) is 139 cm³/mol. The van der Waals surface area contributed by atoms with E-state index in [0.717, 1.165) is 70.1 Å². The number of para-hydroxylation sites is 1. The first-order valence-corrected chi connectivity index (χ1v) is 11.1. The van der Waals surface area contributed by atoms with Gasteiger partial charge in [0.1, 0.15) is 5.76 Å². The molecule has 176 valence electrons. The smallest absolute Gasteiger partial charge is 0.308 e. The molecule has 2 heterocycles. The van der Waals surface area contributed by atoms with Crippen LogP contribution < -0.4 is 10.2 Å². The van der Waals surface area contributed by atoms with Crippen LogP contribution in [-0.4, -0.2) is 63.7 Å². The average molecular weight is 554 g/mol. The second-order valence-corrected chi connectivity index (χ2v) is 7.86. The number of piperidine rings is 1. The van der Waals surface area contributed by atoms with Crippen molar-refractivity contribution in [3.63, 3.8) is 0 Å². The van der Waals surface area contributed by atoms with Gasteiger partial charge in [-0.25, -0.2) is 0 Å². The van der Waals surface area contributed by atoms with E-state index in [0.29, 0.717) is 0 Å². The summed E-state index contributed by atoms with van der Waals surface area (Å²) in [6, 6.07) is 14.3. The Balaban J connectivity index is 0.00000363. The van der Waals surface area contributed by atoms with Gasteiger partial charge in [0.2, 0.25) is 0 Å². The fraction of sp³-hybridized carbons (Fsp3) is 0.500. The number of carbonyl (C=O) groups excluding carboxylic acids is 1. The summed E-state index contributed by atoms with van der Waals surface area (Å²) < 4.78 is 10.3. The number of halogens is 1. The van der Waals surface area contributed by atoms with E-state index in [9.17, 15) is 4.79 Å². The Kier molecular flexibility index (Phi) is 11.4. The molecule has 1 saturated heterocycles. The van der Waals surface area contributed by atoms with Crippen LogP contribution in [-0.2, 0) is 16.0 Å². The van der Waals surface area contributed by atoms with Crippen molar-refractivity contribution in [2.75, 3.05) is 51.8 Å². The topological polar surface area (TPSA) is 70.3 Å². The molecular formula is C24H35IN4O3. The van der Waals surface area contributed by atoms with Gasteiger partial charge in [-0.2, -0.15) is 0 Å². The monoisotopic (exact) mass is 554 g/mol. The van der Waals surface area contributed by atoms with Gasteiger partial charge in [0.15, 0.2) is 5.96 Å². The van der Waals surface area contributed by atoms with Crippen LogP contribution in [0.4, 0.5) is 5.69 Å². The van der Waals surface area contributed by atoms with Gasteiger partial charge in [-0.15, -0.1) is 24.0 Å². The molecule has 7 nitrogen and oxygen atoms in total. The number of hydrogen-bond donors (Lipinski definition) is 1. The van der Waals surface area contributed by atoms with Gasteiger partial charge in [0, 0.05) is 51.9 Å². The van der Waals surface area contributed by atoms with Crippen molar-refractivity contribution in [2.24, 2.45) is 10.9 Å². The second kappa shape index (κ2) is 14.0. The molecule has 0 bridgehead atoms. The summed E-state index contributed by atoms with van der Waals surface area (Å²) in [7, 11) is 3.57. The van der Waals surface area contributed by atoms with E-state index in [1.54, 1.807) is 6.26 Å². The fourth-order valence-corrected chi connectivity index (χ4v) is 3.82. The number of nitrogens with one attached hydrogen (secondary N) is 1. The summed E-state index contributed by atoms with van der Waals surface area (Å²) >= 11 is 0. The molecule has 0 atom stereocenters. The molecule has 0 saturated carbocycles. The van der Waals surface area contributed by atoms with Gasteiger partial charge in [-0.1, -0.05) is 18.2 Å². The van der Waals surface area contributed by atoms with E-state index in [4.69, 9.17) is 14.1 Å². The van der Waals surface area contributed by atoms with Gasteiger partial charge in [-0.3, -0.25) is 9.79 Å². The summed E-state index contributed by atoms with van der Waals surface area (Å²) in [6.07, 6.45) is 5.06. The summed E-state index contributed by atoms with van der Waals surface area (Å²) in [4.78, 5) is 21.2. The van der Waals surface area contributed by atoms with E-state index in [1.165, 1.54) is 12.8 Å². The lowest BCUT2D eigenvalue weighted by atomic mass is 9.97. The average Bonchev–Trinajstić information content (AvgIpc) is 3.34. The van der Waals surface area contributed by atoms with Gasteiger partial charge in [-0.05, 0) is 43.5 Å². The van der Waals surface area contributed by atoms with E-state index < -0.39 is 0 Å². The zero-order chi connectivity index (χ0) is 21.9. The number of benzene rings is 1. The third-order valence-corrected chi connectivity index (χ3v) is 5.67. The number of hydrogen-bond acceptors (Lipinski definition) is 5. The number of rotatable bonds is 9. The Labute approximate surface area is 208 Å². The van der Waals surface area contributed by atoms with Crippen LogP contribution in [0.5, 0.6) is 0 Å². The van der Waals surface area contributed by atoms with Crippen molar-refractivity contribution in [1.82, 2.24) is 10.2 Å². The lowest BCUT2D eigenvalue weighted by Crippen LogP contribution is -2.47. The molecule has 1 aliphatic rings. The molecule has 1 aromatic carbocycles. The van der Waals surface area contributed by atoms with Gasteiger partial charge < -0.3 is 24.3 Å². The normalized spacial score (nSPS) is 14.6. The minimum Gasteiger partial charge on any atom is -0.469 e. The first-order chi connectivity index (χ1) is 15.2. The highest BCUT2D eigenvalue weighted by Crippen LogP contribution is 2.18. The number of anilines is 1. The number of likely N-dealkylation sites (tertiary alicyclic amines) is 1. The van der Waals surface area contributed by atoms with E-state index in [2.05, 4.69) is 46.4 Å². The minimum atomic E-state index is -0.104.